The third-order valence-electron chi connectivity index (χ3n) is 3.86. The van der Waals surface area contributed by atoms with Gasteiger partial charge in [0.2, 0.25) is 11.1 Å². The first-order chi connectivity index (χ1) is 10.9. The summed E-state index contributed by atoms with van der Waals surface area (Å²) in [5.41, 5.74) is 1.28. The summed E-state index contributed by atoms with van der Waals surface area (Å²) in [7, 11) is 0. The van der Waals surface area contributed by atoms with Gasteiger partial charge >= 0.3 is 0 Å². The van der Waals surface area contributed by atoms with Gasteiger partial charge in [-0.2, -0.15) is 0 Å². The fraction of sp³-hybridized carbons (Fsp3) is 0.750. The zero-order valence-corrected chi connectivity index (χ0v) is 15.3. The largest absolute Gasteiger partial charge is 0.355 e. The number of allylic oxidation sites excluding steroid dienone is 1. The molecule has 0 radical (unpaired) electrons. The molecule has 1 atom stereocenters. The summed E-state index contributed by atoms with van der Waals surface area (Å²) in [6, 6.07) is 0. The van der Waals surface area contributed by atoms with Crippen LogP contribution in [0.5, 0.6) is 0 Å². The molecule has 0 spiro atoms. The zero-order valence-electron chi connectivity index (χ0n) is 14.5. The monoisotopic (exact) mass is 337 g/mol. The standard InChI is InChI=1S/C16H27N5OS/c1-12(23-15-18-19-20-21(15)16(2,3)4)14(22)17-11-10-13-8-6-5-7-9-13/h8,12H,5-7,9-11H2,1-4H3,(H,17,22). The highest BCUT2D eigenvalue weighted by Crippen LogP contribution is 2.25. The molecule has 1 heterocycles. The minimum atomic E-state index is -0.220. The van der Waals surface area contributed by atoms with Gasteiger partial charge in [-0.15, -0.1) is 5.10 Å². The second-order valence-corrected chi connectivity index (χ2v) is 8.26. The number of hydrogen-bond donors (Lipinski definition) is 1. The second-order valence-electron chi connectivity index (χ2n) is 6.95. The van der Waals surface area contributed by atoms with Crippen molar-refractivity contribution in [2.75, 3.05) is 6.54 Å². The molecular weight excluding hydrogens is 310 g/mol. The molecule has 7 heteroatoms. The summed E-state index contributed by atoms with van der Waals surface area (Å²) < 4.78 is 1.76. The Morgan fingerprint density at radius 2 is 2.22 bits per heavy atom. The van der Waals surface area contributed by atoms with Crippen molar-refractivity contribution in [2.45, 2.75) is 75.7 Å². The van der Waals surface area contributed by atoms with Crippen LogP contribution in [0, 0.1) is 0 Å². The van der Waals surface area contributed by atoms with Crippen LogP contribution in [0.3, 0.4) is 0 Å². The third kappa shape index (κ3) is 5.34. The van der Waals surface area contributed by atoms with E-state index < -0.39 is 0 Å². The average molecular weight is 337 g/mol. The van der Waals surface area contributed by atoms with Crippen molar-refractivity contribution in [1.82, 2.24) is 25.5 Å². The van der Waals surface area contributed by atoms with Crippen LogP contribution in [0.15, 0.2) is 16.8 Å². The van der Waals surface area contributed by atoms with Crippen molar-refractivity contribution in [1.29, 1.82) is 0 Å². The van der Waals surface area contributed by atoms with Crippen LogP contribution in [0.4, 0.5) is 0 Å². The minimum Gasteiger partial charge on any atom is -0.355 e. The van der Waals surface area contributed by atoms with E-state index in [9.17, 15) is 4.79 Å². The van der Waals surface area contributed by atoms with Crippen LogP contribution >= 0.6 is 11.8 Å². The molecular formula is C16H27N5OS. The highest BCUT2D eigenvalue weighted by molar-refractivity contribution is 8.00. The van der Waals surface area contributed by atoms with Gasteiger partial charge in [0.05, 0.1) is 10.8 Å². The minimum absolute atomic E-state index is 0.0369. The molecule has 0 aromatic carbocycles. The molecule has 1 N–H and O–H groups in total. The highest BCUT2D eigenvalue weighted by atomic mass is 32.2. The van der Waals surface area contributed by atoms with Crippen molar-refractivity contribution in [3.8, 4) is 0 Å². The van der Waals surface area contributed by atoms with Gasteiger partial charge in [-0.25, -0.2) is 4.68 Å². The summed E-state index contributed by atoms with van der Waals surface area (Å²) in [5.74, 6) is 0.0369. The van der Waals surface area contributed by atoms with Crippen molar-refractivity contribution in [2.24, 2.45) is 0 Å². The van der Waals surface area contributed by atoms with E-state index in [1.807, 2.05) is 27.7 Å². The number of carbonyl (C=O) groups excluding carboxylic acids is 1. The van der Waals surface area contributed by atoms with Crippen LogP contribution in [0.1, 0.15) is 59.8 Å². The Labute approximate surface area is 142 Å². The van der Waals surface area contributed by atoms with Crippen LogP contribution in [0.25, 0.3) is 0 Å². The first-order valence-electron chi connectivity index (χ1n) is 8.29. The SMILES string of the molecule is CC(Sc1nnnn1C(C)(C)C)C(=O)NCCC1=CCCCC1. The smallest absolute Gasteiger partial charge is 0.233 e. The van der Waals surface area contributed by atoms with Crippen molar-refractivity contribution < 1.29 is 4.79 Å². The number of carbonyl (C=O) groups is 1. The van der Waals surface area contributed by atoms with Crippen LogP contribution in [-0.2, 0) is 10.3 Å². The van der Waals surface area contributed by atoms with Gasteiger partial charge in [-0.1, -0.05) is 23.4 Å². The Hall–Kier alpha value is -1.37. The molecule has 2 rings (SSSR count). The van der Waals surface area contributed by atoms with Crippen LogP contribution in [-0.4, -0.2) is 37.9 Å². The molecule has 1 amide bonds. The van der Waals surface area contributed by atoms with Gasteiger partial charge < -0.3 is 5.32 Å². The molecule has 1 unspecified atom stereocenters. The molecule has 6 nitrogen and oxygen atoms in total. The molecule has 0 aliphatic heterocycles. The van der Waals surface area contributed by atoms with Crippen molar-refractivity contribution in [3.63, 3.8) is 0 Å². The second kappa shape index (κ2) is 7.95. The Kier molecular flexibility index (Phi) is 6.21. The molecule has 0 saturated heterocycles. The number of nitrogens with one attached hydrogen (secondary N) is 1. The summed E-state index contributed by atoms with van der Waals surface area (Å²) >= 11 is 1.40. The Balaban J connectivity index is 1.81. The zero-order chi connectivity index (χ0) is 16.9. The maximum atomic E-state index is 12.2. The average Bonchev–Trinajstić information content (AvgIpc) is 2.96. The lowest BCUT2D eigenvalue weighted by Gasteiger charge is -2.20. The van der Waals surface area contributed by atoms with Gasteiger partial charge in [-0.3, -0.25) is 4.79 Å². The number of hydrogen-bond acceptors (Lipinski definition) is 5. The predicted molar refractivity (Wildman–Crippen MR) is 92.3 cm³/mol. The lowest BCUT2D eigenvalue weighted by atomic mass is 9.97. The summed E-state index contributed by atoms with van der Waals surface area (Å²) in [5, 5.41) is 15.3. The molecule has 1 aromatic heterocycles. The van der Waals surface area contributed by atoms with E-state index in [0.29, 0.717) is 11.7 Å². The van der Waals surface area contributed by atoms with E-state index in [0.717, 1.165) is 6.42 Å². The van der Waals surface area contributed by atoms with E-state index in [4.69, 9.17) is 0 Å². The Morgan fingerprint density at radius 3 is 2.87 bits per heavy atom. The van der Waals surface area contributed by atoms with Crippen LogP contribution in [0.2, 0.25) is 0 Å². The van der Waals surface area contributed by atoms with Gasteiger partial charge in [0, 0.05) is 6.54 Å². The maximum absolute atomic E-state index is 12.2. The van der Waals surface area contributed by atoms with Crippen molar-refractivity contribution >= 4 is 17.7 Å². The summed E-state index contributed by atoms with van der Waals surface area (Å²) in [4.78, 5) is 12.2. The molecule has 0 bridgehead atoms. The fourth-order valence-corrected chi connectivity index (χ4v) is 3.51. The molecule has 23 heavy (non-hydrogen) atoms. The number of aromatic nitrogens is 4. The lowest BCUT2D eigenvalue weighted by molar-refractivity contribution is -0.120. The predicted octanol–water partition coefficient (Wildman–Crippen LogP) is 2.92. The molecule has 0 fully saturated rings. The third-order valence-corrected chi connectivity index (χ3v) is 4.89. The number of nitrogens with zero attached hydrogens (tertiary/aromatic N) is 4. The number of tetrazole rings is 1. The topological polar surface area (TPSA) is 72.7 Å². The van der Waals surface area contributed by atoms with E-state index in [1.54, 1.807) is 4.68 Å². The Morgan fingerprint density at radius 1 is 1.43 bits per heavy atom. The Bertz CT molecular complexity index is 561. The van der Waals surface area contributed by atoms with Crippen LogP contribution < -0.4 is 5.32 Å². The van der Waals surface area contributed by atoms with E-state index >= 15 is 0 Å². The maximum Gasteiger partial charge on any atom is 0.233 e. The molecule has 1 aromatic rings. The van der Waals surface area contributed by atoms with E-state index in [-0.39, 0.29) is 16.7 Å². The highest BCUT2D eigenvalue weighted by Gasteiger charge is 2.23. The van der Waals surface area contributed by atoms with Gasteiger partial charge in [0.15, 0.2) is 0 Å². The quantitative estimate of drug-likeness (QED) is 0.638. The molecule has 1 aliphatic carbocycles. The van der Waals surface area contributed by atoms with E-state index in [2.05, 4.69) is 26.9 Å². The fourth-order valence-electron chi connectivity index (χ4n) is 2.51. The normalized spacial score (nSPS) is 16.8. The molecule has 0 saturated carbocycles. The van der Waals surface area contributed by atoms with E-state index in [1.165, 1.54) is 43.0 Å². The first kappa shape index (κ1) is 18.0. The number of rotatable bonds is 6. The summed E-state index contributed by atoms with van der Waals surface area (Å²) in [6.07, 6.45) is 8.23. The van der Waals surface area contributed by atoms with Crippen molar-refractivity contribution in [3.05, 3.63) is 11.6 Å². The summed E-state index contributed by atoms with van der Waals surface area (Å²) in [6.45, 7) is 8.71. The van der Waals surface area contributed by atoms with Gasteiger partial charge in [0.25, 0.3) is 0 Å². The number of thioether (sulfide) groups is 1. The molecule has 128 valence electrons. The molecule has 1 aliphatic rings. The van der Waals surface area contributed by atoms with Gasteiger partial charge in [-0.05, 0) is 70.2 Å². The van der Waals surface area contributed by atoms with Gasteiger partial charge in [0.1, 0.15) is 0 Å². The number of amides is 1. The first-order valence-corrected chi connectivity index (χ1v) is 9.17. The lowest BCUT2D eigenvalue weighted by Crippen LogP contribution is -2.32.